The Balaban J connectivity index is 4.36. The van der Waals surface area contributed by atoms with Crippen LogP contribution in [0.4, 0.5) is 0 Å². The highest BCUT2D eigenvalue weighted by Gasteiger charge is 2.25. The van der Waals surface area contributed by atoms with Crippen molar-refractivity contribution in [2.75, 3.05) is 26.4 Å². The van der Waals surface area contributed by atoms with Crippen molar-refractivity contribution in [1.29, 1.82) is 0 Å². The van der Waals surface area contributed by atoms with Crippen LogP contribution in [0.3, 0.4) is 0 Å². The summed E-state index contributed by atoms with van der Waals surface area (Å²) in [6.07, 6.45) is 48.1. The minimum Gasteiger partial charge on any atom is -0.462 e. The van der Waals surface area contributed by atoms with Gasteiger partial charge in [-0.1, -0.05) is 124 Å². The van der Waals surface area contributed by atoms with Crippen LogP contribution in [-0.4, -0.2) is 60.5 Å². The lowest BCUT2D eigenvalue weighted by Gasteiger charge is -2.19. The Morgan fingerprint density at radius 3 is 1.62 bits per heavy atom. The summed E-state index contributed by atoms with van der Waals surface area (Å²) in [4.78, 5) is 34.8. The van der Waals surface area contributed by atoms with E-state index < -0.39 is 32.5 Å². The first-order valence-electron chi connectivity index (χ1n) is 20.8. The zero-order valence-electron chi connectivity index (χ0n) is 34.4. The monoisotopic (exact) mass is 804 g/mol. The maximum Gasteiger partial charge on any atom is 0.472 e. The lowest BCUT2D eigenvalue weighted by Crippen LogP contribution is -2.29. The molecule has 10 nitrogen and oxygen atoms in total. The molecular formula is C45H74NO9P. The molecule has 0 saturated carbocycles. The Labute approximate surface area is 339 Å². The number of carbonyl (C=O) groups is 2. The number of allylic oxidation sites excluding steroid dienone is 16. The minimum absolute atomic E-state index is 0.0296. The number of esters is 2. The molecule has 0 rings (SSSR count). The van der Waals surface area contributed by atoms with Gasteiger partial charge in [0, 0.05) is 19.4 Å². The van der Waals surface area contributed by atoms with Gasteiger partial charge in [0.2, 0.25) is 0 Å². The normalized spacial score (nSPS) is 14.9. The van der Waals surface area contributed by atoms with E-state index in [2.05, 4.69) is 92.0 Å². The van der Waals surface area contributed by atoms with Crippen LogP contribution < -0.4 is 5.73 Å². The van der Waals surface area contributed by atoms with Gasteiger partial charge in [0.05, 0.1) is 19.3 Å². The van der Waals surface area contributed by atoms with Crippen molar-refractivity contribution in [2.45, 2.75) is 148 Å². The molecule has 0 aliphatic carbocycles. The summed E-state index contributed by atoms with van der Waals surface area (Å²) >= 11 is 0. The highest BCUT2D eigenvalue weighted by molar-refractivity contribution is 7.47. The fourth-order valence-corrected chi connectivity index (χ4v) is 5.66. The van der Waals surface area contributed by atoms with Gasteiger partial charge in [-0.25, -0.2) is 4.57 Å². The molecule has 0 aliphatic rings. The Kier molecular flexibility index (Phi) is 37.9. The summed E-state index contributed by atoms with van der Waals surface area (Å²) in [5.41, 5.74) is 5.33. The van der Waals surface area contributed by atoms with Crippen LogP contribution >= 0.6 is 7.82 Å². The number of phosphoric ester groups is 1. The highest BCUT2D eigenvalue weighted by Crippen LogP contribution is 2.43. The molecule has 56 heavy (non-hydrogen) atoms. The third-order valence-electron chi connectivity index (χ3n) is 8.12. The standard InChI is InChI=1S/C45H74NO9P/c1-3-5-6-7-8-9-10-11-12-13-14-18-21-24-27-30-33-36-44(48)52-40-43(41-54-56(50,51)53-39-38-46)55-45(49)37-34-31-28-25-22-19-16-15-17-20-23-26-29-32-35-42(47)4-2/h5-6,8-9,11-12,14,16-20,25-26,28-29,42-43,47H,3-4,7,10,13,15,21-24,27,30-41,46H2,1-2H3,(H,50,51)/b6-5-,9-8-,12-11-,18-14-,19-16-,20-17-,28-25-,29-26-/t42-,43-/m1/s1. The number of hydrogen-bond acceptors (Lipinski definition) is 9. The van der Waals surface area contributed by atoms with Crippen molar-refractivity contribution in [3.63, 3.8) is 0 Å². The molecule has 318 valence electrons. The van der Waals surface area contributed by atoms with E-state index in [1.807, 2.05) is 19.1 Å². The topological polar surface area (TPSA) is 155 Å². The molecule has 1 unspecified atom stereocenters. The summed E-state index contributed by atoms with van der Waals surface area (Å²) in [5.74, 6) is -0.952. The van der Waals surface area contributed by atoms with Crippen molar-refractivity contribution >= 4 is 19.8 Å². The molecule has 0 saturated heterocycles. The molecule has 0 radical (unpaired) electrons. The quantitative estimate of drug-likeness (QED) is 0.0239. The van der Waals surface area contributed by atoms with Crippen molar-refractivity contribution in [1.82, 2.24) is 0 Å². The molecule has 0 amide bonds. The van der Waals surface area contributed by atoms with E-state index in [1.165, 1.54) is 0 Å². The Bertz CT molecular complexity index is 1250. The van der Waals surface area contributed by atoms with E-state index in [9.17, 15) is 24.2 Å². The largest absolute Gasteiger partial charge is 0.472 e. The second-order valence-electron chi connectivity index (χ2n) is 13.3. The maximum atomic E-state index is 12.5. The van der Waals surface area contributed by atoms with Crippen molar-refractivity contribution in [3.8, 4) is 0 Å². The Morgan fingerprint density at radius 2 is 1.09 bits per heavy atom. The number of aliphatic hydroxyl groups excluding tert-OH is 1. The van der Waals surface area contributed by atoms with Crippen LogP contribution in [0.1, 0.15) is 136 Å². The lowest BCUT2D eigenvalue weighted by molar-refractivity contribution is -0.161. The fraction of sp³-hybridized carbons (Fsp3) is 0.600. The summed E-state index contributed by atoms with van der Waals surface area (Å²) in [7, 11) is -4.41. The Morgan fingerprint density at radius 1 is 0.607 bits per heavy atom. The van der Waals surface area contributed by atoms with Gasteiger partial charge in [0.15, 0.2) is 6.10 Å². The van der Waals surface area contributed by atoms with Gasteiger partial charge in [-0.3, -0.25) is 18.6 Å². The molecule has 0 aromatic carbocycles. The number of unbranched alkanes of at least 4 members (excludes halogenated alkanes) is 5. The Hall–Kier alpha value is -3.11. The summed E-state index contributed by atoms with van der Waals surface area (Å²) in [6.45, 7) is 3.20. The average molecular weight is 804 g/mol. The van der Waals surface area contributed by atoms with E-state index in [4.69, 9.17) is 24.3 Å². The van der Waals surface area contributed by atoms with Crippen LogP contribution in [0.2, 0.25) is 0 Å². The molecular weight excluding hydrogens is 729 g/mol. The predicted molar refractivity (Wildman–Crippen MR) is 230 cm³/mol. The average Bonchev–Trinajstić information content (AvgIpc) is 3.18. The fourth-order valence-electron chi connectivity index (χ4n) is 4.89. The highest BCUT2D eigenvalue weighted by atomic mass is 31.2. The third kappa shape index (κ3) is 39.1. The molecule has 0 fully saturated rings. The van der Waals surface area contributed by atoms with Crippen LogP contribution in [-0.2, 0) is 32.7 Å². The van der Waals surface area contributed by atoms with Gasteiger partial charge >= 0.3 is 19.8 Å². The van der Waals surface area contributed by atoms with E-state index in [-0.39, 0.29) is 38.7 Å². The number of ether oxygens (including phenoxy) is 2. The maximum absolute atomic E-state index is 12.5. The van der Waals surface area contributed by atoms with Crippen molar-refractivity contribution in [3.05, 3.63) is 97.2 Å². The van der Waals surface area contributed by atoms with Crippen molar-refractivity contribution in [2.24, 2.45) is 5.73 Å². The van der Waals surface area contributed by atoms with Gasteiger partial charge in [-0.2, -0.15) is 0 Å². The second-order valence-corrected chi connectivity index (χ2v) is 14.7. The van der Waals surface area contributed by atoms with E-state index in [1.54, 1.807) is 0 Å². The van der Waals surface area contributed by atoms with Crippen LogP contribution in [0.5, 0.6) is 0 Å². The number of aliphatic hydroxyl groups is 1. The van der Waals surface area contributed by atoms with Gasteiger partial charge in [0.1, 0.15) is 6.61 Å². The molecule has 0 spiro atoms. The van der Waals surface area contributed by atoms with Crippen LogP contribution in [0.15, 0.2) is 97.2 Å². The SMILES string of the molecule is CC/C=C\C/C=C\C/C=C\C/C=C\CCCCCCC(=O)OC[C@H](COP(=O)(O)OCCN)OC(=O)CCC/C=C\C/C=C\C/C=C\C/C=C\CC[C@H](O)CC. The smallest absolute Gasteiger partial charge is 0.462 e. The predicted octanol–water partition coefficient (Wildman–Crippen LogP) is 10.8. The molecule has 11 heteroatoms. The van der Waals surface area contributed by atoms with E-state index in [0.29, 0.717) is 19.3 Å². The minimum atomic E-state index is -4.41. The number of hydrogen-bond donors (Lipinski definition) is 3. The van der Waals surface area contributed by atoms with Crippen molar-refractivity contribution < 1.29 is 42.7 Å². The van der Waals surface area contributed by atoms with E-state index >= 15 is 0 Å². The molecule has 0 aliphatic heterocycles. The van der Waals surface area contributed by atoms with Gasteiger partial charge in [-0.15, -0.1) is 0 Å². The molecule has 0 aromatic heterocycles. The molecule has 3 atom stereocenters. The zero-order valence-corrected chi connectivity index (χ0v) is 35.3. The first kappa shape index (κ1) is 52.9. The van der Waals surface area contributed by atoms with Gasteiger partial charge in [0.25, 0.3) is 0 Å². The zero-order chi connectivity index (χ0) is 41.2. The van der Waals surface area contributed by atoms with Gasteiger partial charge < -0.3 is 25.2 Å². The number of carbonyl (C=O) groups excluding carboxylic acids is 2. The number of nitrogens with two attached hydrogens (primary N) is 1. The second kappa shape index (κ2) is 40.1. The molecule has 0 heterocycles. The molecule has 0 bridgehead atoms. The van der Waals surface area contributed by atoms with E-state index in [0.717, 1.165) is 89.9 Å². The molecule has 0 aromatic rings. The van der Waals surface area contributed by atoms with Gasteiger partial charge in [-0.05, 0) is 96.3 Å². The first-order chi connectivity index (χ1) is 27.2. The van der Waals surface area contributed by atoms with Crippen LogP contribution in [0.25, 0.3) is 0 Å². The number of phosphoric acid groups is 1. The molecule has 4 N–H and O–H groups in total. The number of rotatable bonds is 37. The first-order valence-corrected chi connectivity index (χ1v) is 22.3. The van der Waals surface area contributed by atoms with Crippen LogP contribution in [0, 0.1) is 0 Å². The summed E-state index contributed by atoms with van der Waals surface area (Å²) < 4.78 is 32.6. The summed E-state index contributed by atoms with van der Waals surface area (Å²) in [5, 5.41) is 9.55. The lowest BCUT2D eigenvalue weighted by atomic mass is 10.1. The third-order valence-corrected chi connectivity index (χ3v) is 9.10. The summed E-state index contributed by atoms with van der Waals surface area (Å²) in [6, 6.07) is 0.